The molecule has 1 aliphatic rings. The van der Waals surface area contributed by atoms with Gasteiger partial charge in [-0.2, -0.15) is 0 Å². The number of carbonyl (C=O) groups is 1. The van der Waals surface area contributed by atoms with Gasteiger partial charge in [0.15, 0.2) is 9.84 Å². The second-order valence-corrected chi connectivity index (χ2v) is 9.60. The Morgan fingerprint density at radius 1 is 1.00 bits per heavy atom. The zero-order chi connectivity index (χ0) is 18.7. The fraction of sp³-hybridized carbons (Fsp3) is 0.316. The van der Waals surface area contributed by atoms with Crippen LogP contribution in [0.25, 0.3) is 0 Å². The van der Waals surface area contributed by atoms with Gasteiger partial charge in [0, 0.05) is 28.7 Å². The topological polar surface area (TPSA) is 54.5 Å². The minimum atomic E-state index is -3.24. The lowest BCUT2D eigenvalue weighted by Gasteiger charge is -2.32. The Balaban J connectivity index is 1.64. The SMILES string of the molecule is O=C(c1cc(Cl)cc(Cl)c1)N1CCC(S(=O)(=O)Cc2ccccc2)CC1. The molecular formula is C19H19Cl2NO3S. The molecule has 1 fully saturated rings. The number of sulfone groups is 1. The van der Waals surface area contributed by atoms with Gasteiger partial charge in [0.25, 0.3) is 5.91 Å². The molecule has 0 radical (unpaired) electrons. The molecule has 2 aromatic rings. The van der Waals surface area contributed by atoms with Gasteiger partial charge in [-0.3, -0.25) is 4.79 Å². The van der Waals surface area contributed by atoms with Crippen LogP contribution in [0, 0.1) is 0 Å². The second kappa shape index (κ2) is 7.99. The Morgan fingerprint density at radius 3 is 2.15 bits per heavy atom. The van der Waals surface area contributed by atoms with Crippen LogP contribution in [0.5, 0.6) is 0 Å². The Bertz CT molecular complexity index is 872. The van der Waals surface area contributed by atoms with Crippen molar-refractivity contribution in [3.8, 4) is 0 Å². The maximum atomic E-state index is 12.7. The van der Waals surface area contributed by atoms with E-state index in [0.29, 0.717) is 41.5 Å². The van der Waals surface area contributed by atoms with E-state index in [1.165, 1.54) is 0 Å². The molecule has 26 heavy (non-hydrogen) atoms. The molecule has 0 spiro atoms. The number of carbonyl (C=O) groups excluding carboxylic acids is 1. The van der Waals surface area contributed by atoms with Gasteiger partial charge >= 0.3 is 0 Å². The Morgan fingerprint density at radius 2 is 1.58 bits per heavy atom. The van der Waals surface area contributed by atoms with Gasteiger partial charge in [0.1, 0.15) is 0 Å². The van der Waals surface area contributed by atoms with Gasteiger partial charge in [-0.1, -0.05) is 53.5 Å². The molecule has 0 N–H and O–H groups in total. The van der Waals surface area contributed by atoms with Crippen molar-refractivity contribution in [2.75, 3.05) is 13.1 Å². The third kappa shape index (κ3) is 4.58. The maximum Gasteiger partial charge on any atom is 0.253 e. The zero-order valence-corrected chi connectivity index (χ0v) is 16.4. The van der Waals surface area contributed by atoms with Crippen molar-refractivity contribution in [2.45, 2.75) is 23.8 Å². The molecule has 2 aromatic carbocycles. The third-order valence-corrected chi connectivity index (χ3v) is 7.22. The summed E-state index contributed by atoms with van der Waals surface area (Å²) in [6, 6.07) is 13.9. The van der Waals surface area contributed by atoms with E-state index < -0.39 is 15.1 Å². The van der Waals surface area contributed by atoms with Crippen molar-refractivity contribution in [2.24, 2.45) is 0 Å². The number of rotatable bonds is 4. The predicted molar refractivity (Wildman–Crippen MR) is 104 cm³/mol. The molecule has 0 unspecified atom stereocenters. The molecule has 0 aromatic heterocycles. The highest BCUT2D eigenvalue weighted by Crippen LogP contribution is 2.25. The molecule has 0 saturated carbocycles. The lowest BCUT2D eigenvalue weighted by atomic mass is 10.1. The molecule has 1 heterocycles. The van der Waals surface area contributed by atoms with E-state index in [-0.39, 0.29) is 11.7 Å². The van der Waals surface area contributed by atoms with E-state index >= 15 is 0 Å². The van der Waals surface area contributed by atoms with Gasteiger partial charge in [0.05, 0.1) is 11.0 Å². The van der Waals surface area contributed by atoms with Gasteiger partial charge in [-0.05, 0) is 36.6 Å². The highest BCUT2D eigenvalue weighted by atomic mass is 35.5. The maximum absolute atomic E-state index is 12.7. The van der Waals surface area contributed by atoms with Crippen LogP contribution in [-0.4, -0.2) is 37.6 Å². The number of likely N-dealkylation sites (tertiary alicyclic amines) is 1. The summed E-state index contributed by atoms with van der Waals surface area (Å²) in [6.07, 6.45) is 0.879. The van der Waals surface area contributed by atoms with Crippen LogP contribution < -0.4 is 0 Å². The summed E-state index contributed by atoms with van der Waals surface area (Å²) in [5.74, 6) is -0.135. The second-order valence-electron chi connectivity index (χ2n) is 6.44. The Kier molecular flexibility index (Phi) is 5.90. The van der Waals surface area contributed by atoms with Crippen LogP contribution in [0.1, 0.15) is 28.8 Å². The molecule has 0 aliphatic carbocycles. The predicted octanol–water partition coefficient (Wildman–Crippen LogP) is 4.21. The summed E-state index contributed by atoms with van der Waals surface area (Å²) in [6.45, 7) is 0.809. The van der Waals surface area contributed by atoms with Gasteiger partial charge in [-0.25, -0.2) is 8.42 Å². The number of piperidine rings is 1. The van der Waals surface area contributed by atoms with Crippen molar-refractivity contribution >= 4 is 38.9 Å². The van der Waals surface area contributed by atoms with E-state index in [1.54, 1.807) is 23.1 Å². The first-order chi connectivity index (χ1) is 12.3. The Hall–Kier alpha value is -1.56. The first kappa shape index (κ1) is 19.2. The van der Waals surface area contributed by atoms with E-state index in [0.717, 1.165) is 5.56 Å². The highest BCUT2D eigenvalue weighted by molar-refractivity contribution is 7.91. The molecule has 0 bridgehead atoms. The molecule has 1 aliphatic heterocycles. The van der Waals surface area contributed by atoms with Gasteiger partial charge < -0.3 is 4.90 Å². The summed E-state index contributed by atoms with van der Waals surface area (Å²) in [7, 11) is -3.24. The van der Waals surface area contributed by atoms with Crippen molar-refractivity contribution in [3.05, 3.63) is 69.7 Å². The van der Waals surface area contributed by atoms with Crippen molar-refractivity contribution in [1.82, 2.24) is 4.90 Å². The lowest BCUT2D eigenvalue weighted by Crippen LogP contribution is -2.42. The third-order valence-electron chi connectivity index (χ3n) is 4.56. The minimum absolute atomic E-state index is 0.0380. The van der Waals surface area contributed by atoms with Crippen LogP contribution in [-0.2, 0) is 15.6 Å². The van der Waals surface area contributed by atoms with Crippen molar-refractivity contribution in [1.29, 1.82) is 0 Å². The summed E-state index contributed by atoms with van der Waals surface area (Å²) >= 11 is 11.9. The van der Waals surface area contributed by atoms with Gasteiger partial charge in [0.2, 0.25) is 0 Å². The van der Waals surface area contributed by atoms with Crippen molar-refractivity contribution in [3.63, 3.8) is 0 Å². The first-order valence-electron chi connectivity index (χ1n) is 8.36. The summed E-state index contributed by atoms with van der Waals surface area (Å²) in [4.78, 5) is 14.3. The number of halogens is 2. The minimum Gasteiger partial charge on any atom is -0.339 e. The van der Waals surface area contributed by atoms with E-state index in [9.17, 15) is 13.2 Å². The van der Waals surface area contributed by atoms with Crippen LogP contribution in [0.15, 0.2) is 48.5 Å². The van der Waals surface area contributed by atoms with Crippen LogP contribution in [0.2, 0.25) is 10.0 Å². The molecule has 7 heteroatoms. The van der Waals surface area contributed by atoms with E-state index in [1.807, 2.05) is 30.3 Å². The van der Waals surface area contributed by atoms with Crippen LogP contribution in [0.4, 0.5) is 0 Å². The standard InChI is InChI=1S/C19H19Cl2NO3S/c20-16-10-15(11-17(21)12-16)19(23)22-8-6-18(7-9-22)26(24,25)13-14-4-2-1-3-5-14/h1-5,10-12,18H,6-9,13H2. The first-order valence-corrected chi connectivity index (χ1v) is 10.8. The van der Waals surface area contributed by atoms with Crippen molar-refractivity contribution < 1.29 is 13.2 Å². The fourth-order valence-corrected chi connectivity index (χ4v) is 5.55. The molecule has 4 nitrogen and oxygen atoms in total. The number of hydrogen-bond donors (Lipinski definition) is 0. The average molecular weight is 412 g/mol. The summed E-state index contributed by atoms with van der Waals surface area (Å²) in [5, 5.41) is 0.386. The molecule has 0 atom stereocenters. The largest absolute Gasteiger partial charge is 0.339 e. The normalized spacial score (nSPS) is 15.8. The number of benzene rings is 2. The summed E-state index contributed by atoms with van der Waals surface area (Å²) < 4.78 is 25.3. The monoisotopic (exact) mass is 411 g/mol. The molecular weight excluding hydrogens is 393 g/mol. The zero-order valence-electron chi connectivity index (χ0n) is 14.1. The molecule has 1 saturated heterocycles. The van der Waals surface area contributed by atoms with Crippen LogP contribution in [0.3, 0.4) is 0 Å². The average Bonchev–Trinajstić information content (AvgIpc) is 2.61. The van der Waals surface area contributed by atoms with Crippen LogP contribution >= 0.6 is 23.2 Å². The molecule has 3 rings (SSSR count). The number of nitrogens with zero attached hydrogens (tertiary/aromatic N) is 1. The number of hydrogen-bond acceptors (Lipinski definition) is 3. The van der Waals surface area contributed by atoms with Gasteiger partial charge in [-0.15, -0.1) is 0 Å². The fourth-order valence-electron chi connectivity index (χ4n) is 3.20. The lowest BCUT2D eigenvalue weighted by molar-refractivity contribution is 0.0725. The summed E-state index contributed by atoms with van der Waals surface area (Å²) in [5.41, 5.74) is 1.22. The Labute approximate surface area is 163 Å². The molecule has 138 valence electrons. The van der Waals surface area contributed by atoms with E-state index in [2.05, 4.69) is 0 Å². The number of amides is 1. The molecule has 1 amide bonds. The smallest absolute Gasteiger partial charge is 0.253 e. The highest BCUT2D eigenvalue weighted by Gasteiger charge is 2.32. The quantitative estimate of drug-likeness (QED) is 0.756. The van der Waals surface area contributed by atoms with E-state index in [4.69, 9.17) is 23.2 Å².